The van der Waals surface area contributed by atoms with Gasteiger partial charge in [-0.1, -0.05) is 43.7 Å². The van der Waals surface area contributed by atoms with Crippen molar-refractivity contribution in [3.05, 3.63) is 65.9 Å². The Kier molecular flexibility index (Phi) is 6.14. The fourth-order valence-electron chi connectivity index (χ4n) is 2.94. The number of amides is 2. The predicted molar refractivity (Wildman–Crippen MR) is 104 cm³/mol. The number of aromatic amines is 1. The van der Waals surface area contributed by atoms with Gasteiger partial charge in [0.15, 0.2) is 6.73 Å². The summed E-state index contributed by atoms with van der Waals surface area (Å²) in [4.78, 5) is 15.1. The molecule has 0 unspecified atom stereocenters. The summed E-state index contributed by atoms with van der Waals surface area (Å²) in [6.45, 7) is 2.87. The van der Waals surface area contributed by atoms with Crippen molar-refractivity contribution in [1.82, 2.24) is 15.6 Å². The number of aromatic nitrogens is 1. The molecule has 1 heterocycles. The number of H-pyrrole nitrogens is 1. The fourth-order valence-corrected chi connectivity index (χ4v) is 2.94. The van der Waals surface area contributed by atoms with Crippen LogP contribution in [0.2, 0.25) is 0 Å². The summed E-state index contributed by atoms with van der Waals surface area (Å²) in [7, 11) is 0. The third kappa shape index (κ3) is 4.79. The Morgan fingerprint density at radius 2 is 1.85 bits per heavy atom. The number of benzene rings is 2. The lowest BCUT2D eigenvalue weighted by Crippen LogP contribution is -2.38. The van der Waals surface area contributed by atoms with Gasteiger partial charge in [-0.05, 0) is 42.2 Å². The van der Waals surface area contributed by atoms with E-state index in [1.165, 1.54) is 16.5 Å². The lowest BCUT2D eigenvalue weighted by atomic mass is 10.1. The number of aryl methyl sites for hydroxylation is 1. The number of fused-ring (bicyclic) bond motifs is 1. The summed E-state index contributed by atoms with van der Waals surface area (Å²) in [5.41, 5.74) is 3.61. The molecule has 0 saturated carbocycles. The summed E-state index contributed by atoms with van der Waals surface area (Å²) in [5, 5.41) is 6.76. The minimum atomic E-state index is -0.229. The quantitative estimate of drug-likeness (QED) is 0.537. The molecule has 2 amide bonds. The van der Waals surface area contributed by atoms with E-state index in [0.29, 0.717) is 6.54 Å². The topological polar surface area (TPSA) is 66.2 Å². The van der Waals surface area contributed by atoms with E-state index in [4.69, 9.17) is 4.74 Å². The Morgan fingerprint density at radius 1 is 1.04 bits per heavy atom. The highest BCUT2D eigenvalue weighted by Gasteiger charge is 2.04. The Balaban J connectivity index is 1.36. The fraction of sp³-hybridized carbons (Fsp3) is 0.286. The zero-order chi connectivity index (χ0) is 18.2. The van der Waals surface area contributed by atoms with Crippen LogP contribution >= 0.6 is 0 Å². The van der Waals surface area contributed by atoms with Gasteiger partial charge in [0.05, 0.1) is 0 Å². The molecule has 1 aromatic heterocycles. The maximum Gasteiger partial charge on any atom is 0.317 e. The van der Waals surface area contributed by atoms with Crippen molar-refractivity contribution in [3.63, 3.8) is 0 Å². The van der Waals surface area contributed by atoms with Gasteiger partial charge in [-0.2, -0.15) is 0 Å². The first-order valence-corrected chi connectivity index (χ1v) is 9.04. The number of urea groups is 1. The van der Waals surface area contributed by atoms with Crippen LogP contribution in [-0.2, 0) is 12.8 Å². The van der Waals surface area contributed by atoms with Gasteiger partial charge in [0.1, 0.15) is 5.75 Å². The van der Waals surface area contributed by atoms with E-state index in [1.807, 2.05) is 36.5 Å². The Labute approximate surface area is 153 Å². The first-order chi connectivity index (χ1) is 12.8. The Hall–Kier alpha value is -2.95. The van der Waals surface area contributed by atoms with Crippen LogP contribution in [0.25, 0.3) is 10.9 Å². The molecule has 3 aromatic rings. The molecular weight excluding hydrogens is 326 g/mol. The first kappa shape index (κ1) is 17.9. The molecule has 136 valence electrons. The van der Waals surface area contributed by atoms with Crippen molar-refractivity contribution < 1.29 is 9.53 Å². The highest BCUT2D eigenvalue weighted by molar-refractivity contribution is 5.83. The Bertz CT molecular complexity index is 840. The van der Waals surface area contributed by atoms with E-state index < -0.39 is 0 Å². The highest BCUT2D eigenvalue weighted by Crippen LogP contribution is 2.17. The number of para-hydroxylation sites is 1. The minimum absolute atomic E-state index is 0.145. The van der Waals surface area contributed by atoms with Crippen LogP contribution in [-0.4, -0.2) is 24.3 Å². The molecule has 26 heavy (non-hydrogen) atoms. The second-order valence-corrected chi connectivity index (χ2v) is 6.22. The average Bonchev–Trinajstić information content (AvgIpc) is 3.07. The third-order valence-electron chi connectivity index (χ3n) is 4.29. The lowest BCUT2D eigenvalue weighted by Gasteiger charge is -2.10. The molecule has 5 nitrogen and oxygen atoms in total. The van der Waals surface area contributed by atoms with Crippen LogP contribution in [0.15, 0.2) is 54.7 Å². The summed E-state index contributed by atoms with van der Waals surface area (Å²) in [6.07, 6.45) is 4.96. The largest absolute Gasteiger partial charge is 0.473 e. The van der Waals surface area contributed by atoms with E-state index in [0.717, 1.165) is 30.5 Å². The highest BCUT2D eigenvalue weighted by atomic mass is 16.5. The van der Waals surface area contributed by atoms with Gasteiger partial charge >= 0.3 is 6.03 Å². The smallest absolute Gasteiger partial charge is 0.317 e. The monoisotopic (exact) mass is 351 g/mol. The molecule has 0 aliphatic heterocycles. The minimum Gasteiger partial charge on any atom is -0.473 e. The molecule has 0 fully saturated rings. The number of carbonyl (C=O) groups excluding carboxylic acids is 1. The molecule has 0 radical (unpaired) electrons. The van der Waals surface area contributed by atoms with Crippen LogP contribution < -0.4 is 15.4 Å². The van der Waals surface area contributed by atoms with E-state index in [1.54, 1.807) is 0 Å². The van der Waals surface area contributed by atoms with Crippen molar-refractivity contribution in [2.45, 2.75) is 26.2 Å². The molecule has 0 bridgehead atoms. The number of hydrogen-bond acceptors (Lipinski definition) is 2. The van der Waals surface area contributed by atoms with Crippen LogP contribution in [0.1, 0.15) is 24.5 Å². The van der Waals surface area contributed by atoms with Crippen LogP contribution in [0.4, 0.5) is 4.79 Å². The number of nitrogens with one attached hydrogen (secondary N) is 3. The second-order valence-electron chi connectivity index (χ2n) is 6.22. The summed E-state index contributed by atoms with van der Waals surface area (Å²) >= 11 is 0. The second kappa shape index (κ2) is 8.94. The molecule has 0 saturated heterocycles. The zero-order valence-electron chi connectivity index (χ0n) is 15.0. The number of rotatable bonds is 8. The SMILES string of the molecule is CCCc1ccc(OCNC(=O)NCCc2c[nH]c3ccccc23)cc1. The maximum atomic E-state index is 11.9. The number of hydrogen-bond donors (Lipinski definition) is 3. The average molecular weight is 351 g/mol. The Morgan fingerprint density at radius 3 is 2.65 bits per heavy atom. The molecular formula is C21H25N3O2. The predicted octanol–water partition coefficient (Wildman–Crippen LogP) is 4.00. The van der Waals surface area contributed by atoms with Crippen LogP contribution in [0.5, 0.6) is 5.75 Å². The number of ether oxygens (including phenoxy) is 1. The molecule has 3 rings (SSSR count). The van der Waals surface area contributed by atoms with Crippen LogP contribution in [0.3, 0.4) is 0 Å². The van der Waals surface area contributed by atoms with Crippen molar-refractivity contribution in [3.8, 4) is 5.75 Å². The van der Waals surface area contributed by atoms with Gasteiger partial charge in [-0.15, -0.1) is 0 Å². The van der Waals surface area contributed by atoms with Gasteiger partial charge in [0, 0.05) is 23.6 Å². The van der Waals surface area contributed by atoms with Gasteiger partial charge < -0.3 is 20.4 Å². The summed E-state index contributed by atoms with van der Waals surface area (Å²) in [6, 6.07) is 15.9. The van der Waals surface area contributed by atoms with E-state index in [-0.39, 0.29) is 12.8 Å². The first-order valence-electron chi connectivity index (χ1n) is 9.04. The molecule has 0 aliphatic rings. The van der Waals surface area contributed by atoms with Gasteiger partial charge in [-0.3, -0.25) is 0 Å². The molecule has 0 aliphatic carbocycles. The maximum absolute atomic E-state index is 11.9. The van der Waals surface area contributed by atoms with Crippen LogP contribution in [0, 0.1) is 0 Å². The van der Waals surface area contributed by atoms with Gasteiger partial charge in [0.2, 0.25) is 0 Å². The van der Waals surface area contributed by atoms with E-state index in [2.05, 4.69) is 40.7 Å². The molecule has 5 heteroatoms. The van der Waals surface area contributed by atoms with Crippen molar-refractivity contribution in [2.24, 2.45) is 0 Å². The molecule has 3 N–H and O–H groups in total. The molecule has 0 atom stereocenters. The van der Waals surface area contributed by atoms with Crippen molar-refractivity contribution in [1.29, 1.82) is 0 Å². The standard InChI is InChI=1S/C21H25N3O2/c1-2-5-16-8-10-18(11-9-16)26-15-24-21(25)22-13-12-17-14-23-20-7-4-3-6-19(17)20/h3-4,6-11,14,23H,2,5,12-13,15H2,1H3,(H2,22,24,25). The normalized spacial score (nSPS) is 10.7. The van der Waals surface area contributed by atoms with Gasteiger partial charge in [-0.25, -0.2) is 4.79 Å². The lowest BCUT2D eigenvalue weighted by molar-refractivity contribution is 0.224. The summed E-state index contributed by atoms with van der Waals surface area (Å²) in [5.74, 6) is 0.754. The van der Waals surface area contributed by atoms with Crippen molar-refractivity contribution in [2.75, 3.05) is 13.3 Å². The van der Waals surface area contributed by atoms with E-state index in [9.17, 15) is 4.79 Å². The number of carbonyl (C=O) groups is 1. The zero-order valence-corrected chi connectivity index (χ0v) is 15.0. The van der Waals surface area contributed by atoms with Gasteiger partial charge in [0.25, 0.3) is 0 Å². The third-order valence-corrected chi connectivity index (χ3v) is 4.29. The summed E-state index contributed by atoms with van der Waals surface area (Å²) < 4.78 is 5.54. The van der Waals surface area contributed by atoms with Crippen molar-refractivity contribution >= 4 is 16.9 Å². The van der Waals surface area contributed by atoms with E-state index >= 15 is 0 Å². The molecule has 2 aromatic carbocycles. The molecule has 0 spiro atoms.